The maximum absolute atomic E-state index is 12.9. The Morgan fingerprint density at radius 2 is 1.92 bits per heavy atom. The number of hydrogen-bond donors (Lipinski definition) is 3. The summed E-state index contributed by atoms with van der Waals surface area (Å²) < 4.78 is 6.22. The molecule has 0 aliphatic carbocycles. The number of ether oxygens (including phenoxy) is 1. The molecule has 0 saturated carbocycles. The van der Waals surface area contributed by atoms with Crippen LogP contribution in [0.5, 0.6) is 5.75 Å². The molecular formula is C20H26N4O2. The topological polar surface area (TPSA) is 75.3 Å². The Bertz CT molecular complexity index is 715. The van der Waals surface area contributed by atoms with Crippen LogP contribution in [0.25, 0.3) is 0 Å². The summed E-state index contributed by atoms with van der Waals surface area (Å²) in [6, 6.07) is 13.7. The third-order valence-corrected chi connectivity index (χ3v) is 4.60. The number of piperidine rings is 1. The predicted molar refractivity (Wildman–Crippen MR) is 102 cm³/mol. The number of amides is 1. The van der Waals surface area contributed by atoms with Crippen molar-refractivity contribution in [2.24, 2.45) is 0 Å². The van der Waals surface area contributed by atoms with E-state index in [4.69, 9.17) is 4.74 Å². The van der Waals surface area contributed by atoms with Crippen molar-refractivity contribution in [2.45, 2.75) is 25.4 Å². The van der Waals surface area contributed by atoms with Crippen molar-refractivity contribution in [2.75, 3.05) is 31.5 Å². The number of aromatic nitrogens is 1. The van der Waals surface area contributed by atoms with Crippen molar-refractivity contribution >= 4 is 11.6 Å². The molecule has 1 aromatic carbocycles. The van der Waals surface area contributed by atoms with Crippen LogP contribution in [0.1, 0.15) is 18.5 Å². The minimum Gasteiger partial charge on any atom is -0.475 e. The van der Waals surface area contributed by atoms with Crippen molar-refractivity contribution in [3.63, 3.8) is 0 Å². The van der Waals surface area contributed by atoms with Crippen LogP contribution in [0.2, 0.25) is 0 Å². The highest BCUT2D eigenvalue weighted by molar-refractivity contribution is 5.85. The van der Waals surface area contributed by atoms with E-state index in [1.807, 2.05) is 49.4 Å². The lowest BCUT2D eigenvalue weighted by atomic mass is 9.90. The zero-order valence-electron chi connectivity index (χ0n) is 15.1. The van der Waals surface area contributed by atoms with Gasteiger partial charge in [-0.2, -0.15) is 0 Å². The number of anilines is 1. The minimum absolute atomic E-state index is 0.0582. The number of nitrogens with one attached hydrogen (secondary N) is 3. The Morgan fingerprint density at radius 3 is 2.65 bits per heavy atom. The van der Waals surface area contributed by atoms with Gasteiger partial charge in [0, 0.05) is 37.8 Å². The Hall–Kier alpha value is -2.60. The minimum atomic E-state index is -0.841. The number of nitrogens with zero attached hydrogens (tertiary/aromatic N) is 1. The summed E-state index contributed by atoms with van der Waals surface area (Å²) in [4.78, 5) is 17.2. The normalized spacial score (nSPS) is 15.9. The number of pyridine rings is 1. The first-order chi connectivity index (χ1) is 12.7. The number of hydrogen-bond acceptors (Lipinski definition) is 5. The van der Waals surface area contributed by atoms with Gasteiger partial charge in [0.25, 0.3) is 5.91 Å². The lowest BCUT2D eigenvalue weighted by Gasteiger charge is -2.36. The number of benzene rings is 1. The molecule has 1 amide bonds. The summed E-state index contributed by atoms with van der Waals surface area (Å²) in [7, 11) is 0. The first kappa shape index (κ1) is 18.2. The van der Waals surface area contributed by atoms with Crippen LogP contribution in [-0.2, 0) is 4.79 Å². The van der Waals surface area contributed by atoms with E-state index in [0.29, 0.717) is 31.7 Å². The van der Waals surface area contributed by atoms with Gasteiger partial charge in [-0.25, -0.2) is 0 Å². The van der Waals surface area contributed by atoms with Crippen molar-refractivity contribution in [3.05, 3.63) is 54.4 Å². The molecule has 3 rings (SSSR count). The van der Waals surface area contributed by atoms with Crippen LogP contribution in [0.15, 0.2) is 48.7 Å². The highest BCUT2D eigenvalue weighted by Gasteiger charge is 2.42. The molecule has 0 radical (unpaired) electrons. The maximum atomic E-state index is 12.9. The fourth-order valence-corrected chi connectivity index (χ4v) is 3.09. The zero-order chi connectivity index (χ0) is 18.2. The monoisotopic (exact) mass is 354 g/mol. The molecule has 138 valence electrons. The molecule has 1 aliphatic rings. The second-order valence-electron chi connectivity index (χ2n) is 6.48. The molecule has 2 aromatic rings. The van der Waals surface area contributed by atoms with E-state index in [0.717, 1.165) is 24.5 Å². The molecule has 6 nitrogen and oxygen atoms in total. The first-order valence-corrected chi connectivity index (χ1v) is 9.08. The van der Waals surface area contributed by atoms with Crippen LogP contribution in [0.3, 0.4) is 0 Å². The number of carbonyl (C=O) groups is 1. The summed E-state index contributed by atoms with van der Waals surface area (Å²) in [5, 5.41) is 9.62. The van der Waals surface area contributed by atoms with Gasteiger partial charge in [0.15, 0.2) is 5.60 Å². The average Bonchev–Trinajstić information content (AvgIpc) is 2.68. The molecule has 6 heteroatoms. The quantitative estimate of drug-likeness (QED) is 0.664. The second kappa shape index (κ2) is 8.67. The fourth-order valence-electron chi connectivity index (χ4n) is 3.09. The summed E-state index contributed by atoms with van der Waals surface area (Å²) in [5.74, 6) is 0.615. The SMILES string of the molecule is Cc1ncccc1OC1(C(=O)NCCNc2ccccc2)CCNCC1. The number of rotatable bonds is 7. The van der Waals surface area contributed by atoms with Gasteiger partial charge >= 0.3 is 0 Å². The van der Waals surface area contributed by atoms with Gasteiger partial charge in [-0.1, -0.05) is 18.2 Å². The van der Waals surface area contributed by atoms with Crippen molar-refractivity contribution < 1.29 is 9.53 Å². The van der Waals surface area contributed by atoms with Crippen LogP contribution in [-0.4, -0.2) is 42.7 Å². The predicted octanol–water partition coefficient (Wildman–Crippen LogP) is 2.12. The third-order valence-electron chi connectivity index (χ3n) is 4.60. The number of aryl methyl sites for hydroxylation is 1. The molecule has 0 bridgehead atoms. The van der Waals surface area contributed by atoms with E-state index in [1.165, 1.54) is 0 Å². The molecule has 1 aliphatic heterocycles. The standard InChI is InChI=1S/C20H26N4O2/c1-16-18(8-5-11-22-16)26-20(9-12-21-13-10-20)19(25)24-15-14-23-17-6-3-2-4-7-17/h2-8,11,21,23H,9-10,12-15H2,1H3,(H,24,25). The number of carbonyl (C=O) groups excluding carboxylic acids is 1. The largest absolute Gasteiger partial charge is 0.475 e. The smallest absolute Gasteiger partial charge is 0.264 e. The average molecular weight is 354 g/mol. The van der Waals surface area contributed by atoms with Gasteiger partial charge in [-0.3, -0.25) is 9.78 Å². The van der Waals surface area contributed by atoms with Gasteiger partial charge in [0.05, 0.1) is 5.69 Å². The Balaban J connectivity index is 1.59. The van der Waals surface area contributed by atoms with E-state index in [2.05, 4.69) is 20.9 Å². The molecule has 2 heterocycles. The number of para-hydroxylation sites is 1. The maximum Gasteiger partial charge on any atom is 0.264 e. The van der Waals surface area contributed by atoms with E-state index in [1.54, 1.807) is 6.20 Å². The van der Waals surface area contributed by atoms with Gasteiger partial charge < -0.3 is 20.7 Å². The van der Waals surface area contributed by atoms with Crippen LogP contribution in [0.4, 0.5) is 5.69 Å². The summed E-state index contributed by atoms with van der Waals surface area (Å²) in [6.07, 6.45) is 3.01. The van der Waals surface area contributed by atoms with Gasteiger partial charge in [0.1, 0.15) is 5.75 Å². The molecule has 26 heavy (non-hydrogen) atoms. The summed E-state index contributed by atoms with van der Waals surface area (Å²) in [5.41, 5.74) is 0.996. The third kappa shape index (κ3) is 4.52. The lowest BCUT2D eigenvalue weighted by molar-refractivity contribution is -0.139. The molecule has 3 N–H and O–H groups in total. The van der Waals surface area contributed by atoms with Crippen LogP contribution >= 0.6 is 0 Å². The second-order valence-corrected chi connectivity index (χ2v) is 6.48. The van der Waals surface area contributed by atoms with Crippen LogP contribution in [0, 0.1) is 6.92 Å². The van der Waals surface area contributed by atoms with Crippen molar-refractivity contribution in [1.29, 1.82) is 0 Å². The van der Waals surface area contributed by atoms with E-state index in [9.17, 15) is 4.79 Å². The Morgan fingerprint density at radius 1 is 1.15 bits per heavy atom. The fraction of sp³-hybridized carbons (Fsp3) is 0.400. The van der Waals surface area contributed by atoms with E-state index >= 15 is 0 Å². The van der Waals surface area contributed by atoms with Crippen LogP contribution < -0.4 is 20.7 Å². The molecule has 0 unspecified atom stereocenters. The van der Waals surface area contributed by atoms with Gasteiger partial charge in [-0.15, -0.1) is 0 Å². The Labute approximate surface area is 154 Å². The van der Waals surface area contributed by atoms with Gasteiger partial charge in [0.2, 0.25) is 0 Å². The molecule has 0 atom stereocenters. The van der Waals surface area contributed by atoms with Gasteiger partial charge in [-0.05, 0) is 44.3 Å². The highest BCUT2D eigenvalue weighted by Crippen LogP contribution is 2.28. The molecule has 0 spiro atoms. The lowest BCUT2D eigenvalue weighted by Crippen LogP contribution is -2.57. The summed E-state index contributed by atoms with van der Waals surface area (Å²) >= 11 is 0. The summed E-state index contributed by atoms with van der Waals surface area (Å²) in [6.45, 7) is 4.62. The highest BCUT2D eigenvalue weighted by atomic mass is 16.5. The molecule has 1 saturated heterocycles. The zero-order valence-corrected chi connectivity index (χ0v) is 15.1. The Kier molecular flexibility index (Phi) is 6.07. The first-order valence-electron chi connectivity index (χ1n) is 9.08. The molecular weight excluding hydrogens is 328 g/mol. The van der Waals surface area contributed by atoms with E-state index < -0.39 is 5.60 Å². The van der Waals surface area contributed by atoms with E-state index in [-0.39, 0.29) is 5.91 Å². The van der Waals surface area contributed by atoms with Crippen molar-refractivity contribution in [3.8, 4) is 5.75 Å². The molecule has 1 fully saturated rings. The van der Waals surface area contributed by atoms with Crippen molar-refractivity contribution in [1.82, 2.24) is 15.6 Å². The molecule has 1 aromatic heterocycles.